The number of thiazole rings is 1. The van der Waals surface area contributed by atoms with E-state index in [0.29, 0.717) is 77.7 Å². The van der Waals surface area contributed by atoms with Crippen molar-refractivity contribution < 1.29 is 33.8 Å². The maximum Gasteiger partial charge on any atom is 0.355 e. The van der Waals surface area contributed by atoms with E-state index in [9.17, 15) is 29.1 Å². The lowest BCUT2D eigenvalue weighted by Gasteiger charge is -2.32. The number of rotatable bonds is 14. The summed E-state index contributed by atoms with van der Waals surface area (Å²) >= 11 is 1.43. The highest BCUT2D eigenvalue weighted by Gasteiger charge is 2.32. The van der Waals surface area contributed by atoms with Crippen LogP contribution in [0.15, 0.2) is 91.0 Å². The number of carbonyl (C=O) groups is 5. The number of aryl methyl sites for hydroxylation is 1. The molecule has 0 aliphatic carbocycles. The van der Waals surface area contributed by atoms with Crippen LogP contribution in [-0.2, 0) is 34.4 Å². The quantitative estimate of drug-likeness (QED) is 0.0761. The van der Waals surface area contributed by atoms with E-state index in [4.69, 9.17) is 9.72 Å². The van der Waals surface area contributed by atoms with Gasteiger partial charge in [-0.05, 0) is 141 Å². The van der Waals surface area contributed by atoms with Gasteiger partial charge in [-0.3, -0.25) is 39.4 Å². The van der Waals surface area contributed by atoms with Crippen LogP contribution >= 0.6 is 11.3 Å². The van der Waals surface area contributed by atoms with Crippen molar-refractivity contribution in [2.24, 2.45) is 18.9 Å². The number of ether oxygens (including phenoxy) is 1. The minimum Gasteiger partial charge on any atom is -0.493 e. The normalized spacial score (nSPS) is 16.9. The number of amides is 4. The monoisotopic (exact) mass is 973 g/mol. The SMILES string of the molecule is Cc1c(OC[C@@H](C)CC2CCN(CC(=O)Nc3ccc4c([C@H]5CCC(=O)NC5=O)nn(C)c4c3)CC2)cccc1-c1ccc(N2CCc3cccc(C(=O)Nc4nc5ccccc5s4)c3C2)nc1C(=O)O. The number of aromatic carboxylic acids is 1. The van der Waals surface area contributed by atoms with E-state index in [-0.39, 0.29) is 48.2 Å². The highest BCUT2D eigenvalue weighted by atomic mass is 32.1. The predicted octanol–water partition coefficient (Wildman–Crippen LogP) is 8.34. The molecule has 71 heavy (non-hydrogen) atoms. The molecule has 364 valence electrons. The largest absolute Gasteiger partial charge is 0.493 e. The number of para-hydroxylation sites is 1. The molecule has 10 rings (SSSR count). The van der Waals surface area contributed by atoms with E-state index in [1.807, 2.05) is 103 Å². The van der Waals surface area contributed by atoms with Crippen LogP contribution in [-0.4, -0.2) is 92.1 Å². The van der Waals surface area contributed by atoms with E-state index in [1.54, 1.807) is 11.7 Å². The molecule has 0 radical (unpaired) electrons. The number of pyridine rings is 1. The van der Waals surface area contributed by atoms with Crippen LogP contribution < -0.4 is 25.6 Å². The third-order valence-electron chi connectivity index (χ3n) is 14.1. The molecule has 17 heteroatoms. The van der Waals surface area contributed by atoms with Crippen LogP contribution in [0.4, 0.5) is 16.6 Å². The first-order valence-corrected chi connectivity index (χ1v) is 25.0. The lowest BCUT2D eigenvalue weighted by molar-refractivity contribution is -0.134. The number of carboxylic acids is 1. The van der Waals surface area contributed by atoms with Gasteiger partial charge < -0.3 is 20.1 Å². The zero-order valence-corrected chi connectivity index (χ0v) is 40.7. The van der Waals surface area contributed by atoms with Crippen LogP contribution in [0.5, 0.6) is 5.75 Å². The molecular weight excluding hydrogens is 919 g/mol. The Bertz CT molecular complexity index is 3200. The summed E-state index contributed by atoms with van der Waals surface area (Å²) in [6, 6.07) is 28.4. The Labute approximate surface area is 414 Å². The van der Waals surface area contributed by atoms with Crippen molar-refractivity contribution >= 4 is 78.7 Å². The molecule has 0 saturated carbocycles. The van der Waals surface area contributed by atoms with Gasteiger partial charge >= 0.3 is 5.97 Å². The molecule has 16 nitrogen and oxygen atoms in total. The second-order valence-corrected chi connectivity index (χ2v) is 20.0. The fourth-order valence-electron chi connectivity index (χ4n) is 10.4. The molecule has 0 spiro atoms. The molecule has 3 aliphatic rings. The topological polar surface area (TPSA) is 201 Å². The molecule has 2 fully saturated rings. The molecule has 0 unspecified atom stereocenters. The maximum absolute atomic E-state index is 13.6. The zero-order valence-electron chi connectivity index (χ0n) is 39.9. The van der Waals surface area contributed by atoms with Crippen LogP contribution in [0.2, 0.25) is 0 Å². The van der Waals surface area contributed by atoms with E-state index in [1.165, 1.54) is 11.3 Å². The number of hydrogen-bond donors (Lipinski definition) is 4. The van der Waals surface area contributed by atoms with Crippen molar-refractivity contribution in [3.63, 3.8) is 0 Å². The number of anilines is 3. The Hall–Kier alpha value is -7.50. The van der Waals surface area contributed by atoms with Gasteiger partial charge in [0.25, 0.3) is 5.91 Å². The molecule has 6 heterocycles. The maximum atomic E-state index is 13.6. The number of likely N-dealkylation sites (tertiary alicyclic amines) is 1. The molecule has 2 atom stereocenters. The van der Waals surface area contributed by atoms with E-state index >= 15 is 0 Å². The molecule has 3 aromatic heterocycles. The van der Waals surface area contributed by atoms with Crippen molar-refractivity contribution in [1.29, 1.82) is 0 Å². The Morgan fingerprint density at radius 3 is 2.52 bits per heavy atom. The minimum atomic E-state index is -1.13. The van der Waals surface area contributed by atoms with Gasteiger partial charge in [-0.1, -0.05) is 54.7 Å². The van der Waals surface area contributed by atoms with Crippen molar-refractivity contribution in [3.8, 4) is 16.9 Å². The van der Waals surface area contributed by atoms with Crippen molar-refractivity contribution in [2.75, 3.05) is 48.3 Å². The summed E-state index contributed by atoms with van der Waals surface area (Å²) in [4.78, 5) is 77.4. The van der Waals surface area contributed by atoms with E-state index in [2.05, 4.69) is 37.9 Å². The zero-order chi connectivity index (χ0) is 49.3. The number of benzene rings is 4. The summed E-state index contributed by atoms with van der Waals surface area (Å²) in [6.07, 6.45) is 4.29. The van der Waals surface area contributed by atoms with Crippen molar-refractivity contribution in [3.05, 3.63) is 125 Å². The summed E-state index contributed by atoms with van der Waals surface area (Å²) in [7, 11) is 1.81. The number of piperidine rings is 2. The highest BCUT2D eigenvalue weighted by molar-refractivity contribution is 7.22. The summed E-state index contributed by atoms with van der Waals surface area (Å²) in [6.45, 7) is 7.56. The van der Waals surface area contributed by atoms with Gasteiger partial charge in [-0.25, -0.2) is 14.8 Å². The summed E-state index contributed by atoms with van der Waals surface area (Å²) in [5.74, 6) is -0.586. The summed E-state index contributed by atoms with van der Waals surface area (Å²) in [5.41, 5.74) is 7.42. The van der Waals surface area contributed by atoms with Crippen LogP contribution in [0, 0.1) is 18.8 Å². The van der Waals surface area contributed by atoms with Crippen molar-refractivity contribution in [1.82, 2.24) is 30.0 Å². The first-order valence-electron chi connectivity index (χ1n) is 24.2. The second kappa shape index (κ2) is 20.1. The van der Waals surface area contributed by atoms with Gasteiger partial charge in [0.2, 0.25) is 17.7 Å². The Balaban J connectivity index is 0.721. The fraction of sp³-hybridized carbons (Fsp3) is 0.333. The molecule has 7 aromatic rings. The standard InChI is InChI=1S/C54H55N9O7S/c1-31(26-33-20-23-62(24-21-33)29-48(65)55-35-14-15-39-43(27-35)61(3)60-49(39)40-17-19-47(64)58-52(40)67)30-70-44-12-7-9-36(32(44)2)37-16-18-46(57-50(37)53(68)69)63-25-22-34-8-6-10-38(41(34)28-63)51(66)59-54-56-42-11-4-5-13-45(42)71-54/h4-16,18,27,31,33,40H,17,19-26,28-30H2,1-3H3,(H,55,65)(H,68,69)(H,56,59,66)(H,58,64,67)/t31-,40+/m0/s1. The van der Waals surface area contributed by atoms with Crippen molar-refractivity contribution in [2.45, 2.75) is 64.8 Å². The molecule has 4 amide bonds. The number of nitrogens with one attached hydrogen (secondary N) is 3. The number of fused-ring (bicyclic) bond motifs is 3. The lowest BCUT2D eigenvalue weighted by Crippen LogP contribution is -2.39. The fourth-order valence-corrected chi connectivity index (χ4v) is 11.2. The first-order chi connectivity index (χ1) is 34.3. The average Bonchev–Trinajstić information content (AvgIpc) is 3.92. The van der Waals surface area contributed by atoms with Gasteiger partial charge in [0.1, 0.15) is 11.6 Å². The number of aromatic nitrogens is 4. The third kappa shape index (κ3) is 10.1. The lowest BCUT2D eigenvalue weighted by atomic mass is 9.88. The first kappa shape index (κ1) is 47.2. The van der Waals surface area contributed by atoms with Crippen LogP contribution in [0.3, 0.4) is 0 Å². The van der Waals surface area contributed by atoms with E-state index < -0.39 is 11.9 Å². The molecule has 2 saturated heterocycles. The summed E-state index contributed by atoms with van der Waals surface area (Å²) in [5, 5.41) is 24.9. The van der Waals surface area contributed by atoms with Gasteiger partial charge in [-0.2, -0.15) is 5.10 Å². The minimum absolute atomic E-state index is 0.0547. The summed E-state index contributed by atoms with van der Waals surface area (Å²) < 4.78 is 9.13. The van der Waals surface area contributed by atoms with Crippen LogP contribution in [0.1, 0.15) is 88.2 Å². The Morgan fingerprint density at radius 2 is 1.72 bits per heavy atom. The third-order valence-corrected chi connectivity index (χ3v) is 15.0. The molecular formula is C54H55N9O7S. The Kier molecular flexibility index (Phi) is 13.3. The number of carboxylic acid groups (broad SMARTS) is 1. The number of nitrogens with zero attached hydrogens (tertiary/aromatic N) is 6. The molecule has 3 aliphatic heterocycles. The molecule has 0 bridgehead atoms. The van der Waals surface area contributed by atoms with Gasteiger partial charge in [0, 0.05) is 48.8 Å². The van der Waals surface area contributed by atoms with Crippen LogP contribution in [0.25, 0.3) is 32.2 Å². The number of imide groups is 1. The van der Waals surface area contributed by atoms with Gasteiger partial charge in [0.05, 0.1) is 40.5 Å². The second-order valence-electron chi connectivity index (χ2n) is 19.0. The van der Waals surface area contributed by atoms with Gasteiger partial charge in [-0.15, -0.1) is 0 Å². The average molecular weight is 974 g/mol. The highest BCUT2D eigenvalue weighted by Crippen LogP contribution is 2.36. The number of hydrogen-bond acceptors (Lipinski definition) is 12. The molecule has 4 aromatic carbocycles. The Morgan fingerprint density at radius 1 is 0.901 bits per heavy atom. The molecule has 4 N–H and O–H groups in total. The van der Waals surface area contributed by atoms with Gasteiger partial charge in [0.15, 0.2) is 10.8 Å². The van der Waals surface area contributed by atoms with E-state index in [0.717, 1.165) is 75.7 Å². The predicted molar refractivity (Wildman–Crippen MR) is 273 cm³/mol. The number of carbonyl (C=O) groups excluding carboxylic acids is 4. The smallest absolute Gasteiger partial charge is 0.355 e.